The van der Waals surface area contributed by atoms with E-state index < -0.39 is 161 Å². The number of hydrogen-bond donors (Lipinski definition) is 5. The van der Waals surface area contributed by atoms with Gasteiger partial charge < -0.3 is 70.3 Å². The lowest BCUT2D eigenvalue weighted by Gasteiger charge is -2.41. The van der Waals surface area contributed by atoms with Crippen molar-refractivity contribution in [3.63, 3.8) is 0 Å². The summed E-state index contributed by atoms with van der Waals surface area (Å²) in [6.45, 7) is 28.4. The lowest BCUT2D eigenvalue weighted by Crippen LogP contribution is -2.64. The van der Waals surface area contributed by atoms with Crippen LogP contribution in [-0.4, -0.2) is 266 Å². The van der Waals surface area contributed by atoms with Crippen LogP contribution in [0, 0.1) is 41.4 Å². The Bertz CT molecular complexity index is 2490. The van der Waals surface area contributed by atoms with E-state index in [4.69, 9.17) is 4.74 Å². The zero-order chi connectivity index (χ0) is 71.3. The van der Waals surface area contributed by atoms with Crippen molar-refractivity contribution in [3.8, 4) is 0 Å². The van der Waals surface area contributed by atoms with E-state index in [1.165, 1.54) is 99.7 Å². The first kappa shape index (κ1) is 83.8. The first-order chi connectivity index (χ1) is 42.6. The highest BCUT2D eigenvalue weighted by molar-refractivity contribution is 6.00. The zero-order valence-corrected chi connectivity index (χ0v) is 60.9. The van der Waals surface area contributed by atoms with E-state index in [2.05, 4.69) is 21.3 Å². The van der Waals surface area contributed by atoms with Crippen LogP contribution in [0.5, 0.6) is 0 Å². The van der Waals surface area contributed by atoms with Gasteiger partial charge in [0.05, 0.1) is 12.7 Å². The fraction of sp³-hybridized carbons (Fsp3) is 0.806. The summed E-state index contributed by atoms with van der Waals surface area (Å²) >= 11 is 0. The number of amides is 11. The highest BCUT2D eigenvalue weighted by atomic mass is 16.5. The molecule has 0 aliphatic carbocycles. The molecule has 0 saturated carbocycles. The Morgan fingerprint density at radius 3 is 1.40 bits per heavy atom. The van der Waals surface area contributed by atoms with Crippen molar-refractivity contribution in [1.82, 2.24) is 60.5 Å². The maximum atomic E-state index is 15.3. The van der Waals surface area contributed by atoms with Crippen molar-refractivity contribution in [2.45, 2.75) is 228 Å². The van der Waals surface area contributed by atoms with E-state index in [9.17, 15) is 29.1 Å². The number of nitrogens with one attached hydrogen (secondary N) is 4. The van der Waals surface area contributed by atoms with Crippen LogP contribution in [0.2, 0.25) is 0 Å². The van der Waals surface area contributed by atoms with Gasteiger partial charge in [0.2, 0.25) is 65.0 Å². The van der Waals surface area contributed by atoms with Crippen molar-refractivity contribution < 1.29 is 62.6 Å². The number of carbonyl (C=O) groups excluding carboxylic acids is 11. The molecule has 0 radical (unpaired) electrons. The molecule has 0 aromatic carbocycles. The van der Waals surface area contributed by atoms with Gasteiger partial charge in [-0.1, -0.05) is 102 Å². The number of methoxy groups -OCH3 is 1. The lowest BCUT2D eigenvalue weighted by atomic mass is 9.91. The second kappa shape index (κ2) is 38.8. The van der Waals surface area contributed by atoms with Gasteiger partial charge >= 0.3 is 0 Å². The van der Waals surface area contributed by atoms with Crippen molar-refractivity contribution >= 4 is 65.0 Å². The molecule has 0 aromatic rings. The number of ether oxygens (including phenoxy) is 1. The van der Waals surface area contributed by atoms with Gasteiger partial charge in [0, 0.05) is 62.4 Å². The molecule has 5 N–H and O–H groups in total. The quantitative estimate of drug-likeness (QED) is 0.110. The van der Waals surface area contributed by atoms with Gasteiger partial charge in [0.15, 0.2) is 0 Å². The number of allylic oxidation sites excluding steroid dienone is 2. The smallest absolute Gasteiger partial charge is 0.246 e. The summed E-state index contributed by atoms with van der Waals surface area (Å²) in [6, 6.07) is -14.0. The van der Waals surface area contributed by atoms with Crippen LogP contribution < -0.4 is 21.3 Å². The molecular weight excluding hydrogens is 1180 g/mol. The molecule has 0 spiro atoms. The molecule has 25 heteroatoms. The van der Waals surface area contributed by atoms with E-state index in [0.29, 0.717) is 19.4 Å². The Morgan fingerprint density at radius 1 is 0.500 bits per heavy atom. The summed E-state index contributed by atoms with van der Waals surface area (Å²) in [7, 11) is 15.2. The SMILES string of the molecule is C/C=C/C[C@@H](C)[C@@H](O)C1C(=O)N[C@@H](CC)C(=O)N(C)[C@H](CCCN(C)C)C(=O)N(C)[C@@H]([C@H](C)COC)C(=O)N[C@@H](C(C)C)C(=O)N(C)[C@@H](CC(C)C)C(=O)N[C@@H](C)C(=O)N[C@H](C)C(=O)N(C)[C@@H](CC(C)C)C(=O)N(C)[C@@H](CC(C)C)C(=O)N(C)[C@@H](C(C)C)C(=O)N1C. The summed E-state index contributed by atoms with van der Waals surface area (Å²) < 4.78 is 5.54. The lowest BCUT2D eigenvalue weighted by molar-refractivity contribution is -0.157. The maximum absolute atomic E-state index is 15.3. The van der Waals surface area contributed by atoms with Crippen LogP contribution in [0.4, 0.5) is 0 Å². The molecule has 1 fully saturated rings. The van der Waals surface area contributed by atoms with Crippen LogP contribution in [0.1, 0.15) is 156 Å². The molecule has 1 heterocycles. The molecule has 92 heavy (non-hydrogen) atoms. The molecule has 0 aromatic heterocycles. The van der Waals surface area contributed by atoms with E-state index >= 15 is 28.8 Å². The minimum atomic E-state index is -1.64. The minimum absolute atomic E-state index is 0.00298. The summed E-state index contributed by atoms with van der Waals surface area (Å²) in [5, 5.41) is 23.4. The molecule has 1 aliphatic heterocycles. The first-order valence-electron chi connectivity index (χ1n) is 33.1. The third kappa shape index (κ3) is 23.4. The molecule has 1 rings (SSSR count). The summed E-state index contributed by atoms with van der Waals surface area (Å²) in [4.78, 5) is 174. The van der Waals surface area contributed by atoms with Crippen LogP contribution >= 0.6 is 0 Å². The molecule has 1 saturated heterocycles. The van der Waals surface area contributed by atoms with Gasteiger partial charge in [-0.2, -0.15) is 0 Å². The summed E-state index contributed by atoms with van der Waals surface area (Å²) in [6.07, 6.45) is 3.31. The molecule has 25 nitrogen and oxygen atoms in total. The Morgan fingerprint density at radius 2 is 0.935 bits per heavy atom. The second-order valence-electron chi connectivity index (χ2n) is 28.0. The number of likely N-dealkylation sites (N-methyl/N-ethyl adjacent to an activating group) is 7. The van der Waals surface area contributed by atoms with Crippen molar-refractivity contribution in [3.05, 3.63) is 12.2 Å². The van der Waals surface area contributed by atoms with Gasteiger partial charge in [0.25, 0.3) is 0 Å². The topological polar surface area (TPSA) is 291 Å². The minimum Gasteiger partial charge on any atom is -0.390 e. The number of hydrogen-bond acceptors (Lipinski definition) is 14. The highest BCUT2D eigenvalue weighted by Gasteiger charge is 2.47. The maximum Gasteiger partial charge on any atom is 0.246 e. The van der Waals surface area contributed by atoms with Crippen LogP contribution in [0.15, 0.2) is 12.2 Å². The van der Waals surface area contributed by atoms with Gasteiger partial charge in [-0.3, -0.25) is 52.7 Å². The number of rotatable bonds is 20. The fourth-order valence-corrected chi connectivity index (χ4v) is 12.0. The van der Waals surface area contributed by atoms with Crippen molar-refractivity contribution in [2.75, 3.05) is 83.7 Å². The van der Waals surface area contributed by atoms with Crippen molar-refractivity contribution in [2.24, 2.45) is 41.4 Å². The Balaban J connectivity index is 4.56. The highest BCUT2D eigenvalue weighted by Crippen LogP contribution is 2.26. The van der Waals surface area contributed by atoms with Gasteiger partial charge in [-0.15, -0.1) is 0 Å². The van der Waals surface area contributed by atoms with E-state index in [1.54, 1.807) is 61.5 Å². The van der Waals surface area contributed by atoms with E-state index in [1.807, 2.05) is 66.6 Å². The van der Waals surface area contributed by atoms with E-state index in [0.717, 1.165) is 4.90 Å². The average molecular weight is 1300 g/mol. The van der Waals surface area contributed by atoms with E-state index in [-0.39, 0.29) is 56.5 Å². The van der Waals surface area contributed by atoms with Gasteiger partial charge in [-0.25, -0.2) is 0 Å². The molecular formula is C67H122N12O13. The molecule has 11 amide bonds. The van der Waals surface area contributed by atoms with Gasteiger partial charge in [-0.05, 0) is 122 Å². The Labute approximate surface area is 551 Å². The monoisotopic (exact) mass is 1300 g/mol. The number of aliphatic hydroxyl groups excluding tert-OH is 1. The molecule has 0 bridgehead atoms. The third-order valence-corrected chi connectivity index (χ3v) is 17.7. The number of aliphatic hydroxyl groups is 1. The molecule has 528 valence electrons. The first-order valence-corrected chi connectivity index (χ1v) is 33.1. The third-order valence-electron chi connectivity index (χ3n) is 17.7. The standard InChI is InChI=1S/C67H122N12O13/c1-27-29-31-43(13)56(80)55-60(84)70-47(28-2)62(86)73(19)48(32-30-33-72(17)18)63(87)78(24)54(44(14)37-92-26)59(83)71-52(41(9)10)66(90)74(20)49(34-38(3)4)58(82)68-45(15)57(81)69-46(16)61(85)75(21)50(35-39(5)6)64(88)76(22)51(36-40(7)8)65(89)77(23)53(42(11)12)67(91)79(55)25/h27,29,38-56,80H,28,30-37H2,1-26H3,(H,68,82)(H,69,81)(H,70,84)(H,71,83)/b29-27+/t43-,44-,45+,46-,47+,48-,49+,50+,51+,52+,53+,54+,55?,56-/m1/s1. The molecule has 14 atom stereocenters. The van der Waals surface area contributed by atoms with Crippen LogP contribution in [-0.2, 0) is 57.5 Å². The normalized spacial score (nSPS) is 26.9. The Kier molecular flexibility index (Phi) is 35.4. The Hall–Kier alpha value is -6.21. The average Bonchev–Trinajstić information content (AvgIpc) is 0.821. The molecule has 1 aliphatic rings. The number of carbonyl (C=O) groups is 11. The largest absolute Gasteiger partial charge is 0.390 e. The van der Waals surface area contributed by atoms with Crippen LogP contribution in [0.25, 0.3) is 0 Å². The van der Waals surface area contributed by atoms with Gasteiger partial charge in [0.1, 0.15) is 66.5 Å². The predicted molar refractivity (Wildman–Crippen MR) is 357 cm³/mol. The summed E-state index contributed by atoms with van der Waals surface area (Å²) in [5.41, 5.74) is 0. The van der Waals surface area contributed by atoms with Crippen molar-refractivity contribution in [1.29, 1.82) is 0 Å². The zero-order valence-electron chi connectivity index (χ0n) is 60.9. The number of nitrogens with zero attached hydrogens (tertiary/aromatic N) is 8. The van der Waals surface area contributed by atoms with Crippen LogP contribution in [0.3, 0.4) is 0 Å². The molecule has 1 unspecified atom stereocenters. The fourth-order valence-electron chi connectivity index (χ4n) is 12.0. The second-order valence-corrected chi connectivity index (χ2v) is 28.0. The summed E-state index contributed by atoms with van der Waals surface area (Å²) in [5.74, 6) is -10.5. The predicted octanol–water partition coefficient (Wildman–Crippen LogP) is 3.22.